The Labute approximate surface area is 172 Å². The highest BCUT2D eigenvalue weighted by Crippen LogP contribution is 2.44. The summed E-state index contributed by atoms with van der Waals surface area (Å²) in [4.78, 5) is 12.1. The van der Waals surface area contributed by atoms with E-state index in [4.69, 9.17) is 9.16 Å². The minimum absolute atomic E-state index is 0.0643. The lowest BCUT2D eigenvalue weighted by Crippen LogP contribution is -2.70. The number of rotatable bonds is 4. The second kappa shape index (κ2) is 7.06. The molecule has 0 unspecified atom stereocenters. The van der Waals surface area contributed by atoms with Crippen molar-refractivity contribution in [3.05, 3.63) is 60.7 Å². The first-order chi connectivity index (χ1) is 13.7. The standard InChI is InChI=1S/C23H28O5Si/c1-22(2,3)29(16-10-6-4-7-11-16,17-12-8-5-9-13-17)28-20-18(24)14-23(26)15-19(20)27-21(23)25/h4-13,18-20,24,26H,14-15H2,1-3H3/t18-,19-,20-,23+/m1/s1. The van der Waals surface area contributed by atoms with E-state index in [1.54, 1.807) is 0 Å². The van der Waals surface area contributed by atoms with Crippen LogP contribution in [0.2, 0.25) is 5.04 Å². The number of aliphatic hydroxyl groups excluding tert-OH is 1. The molecular weight excluding hydrogens is 384 g/mol. The van der Waals surface area contributed by atoms with E-state index in [1.807, 2.05) is 36.4 Å². The quantitative estimate of drug-likeness (QED) is 0.591. The van der Waals surface area contributed by atoms with Gasteiger partial charge in [0.05, 0.1) is 6.10 Å². The van der Waals surface area contributed by atoms with Crippen molar-refractivity contribution in [2.24, 2.45) is 0 Å². The summed E-state index contributed by atoms with van der Waals surface area (Å²) in [5.41, 5.74) is -1.60. The summed E-state index contributed by atoms with van der Waals surface area (Å²) in [5, 5.41) is 23.3. The molecule has 1 aliphatic carbocycles. The number of ether oxygens (including phenoxy) is 1. The fourth-order valence-corrected chi connectivity index (χ4v) is 9.55. The highest BCUT2D eigenvalue weighted by Gasteiger charge is 2.61. The van der Waals surface area contributed by atoms with Crippen LogP contribution < -0.4 is 10.4 Å². The number of fused-ring (bicyclic) bond motifs is 2. The molecule has 1 aliphatic heterocycles. The lowest BCUT2D eigenvalue weighted by Gasteiger charge is -2.47. The molecule has 2 N–H and O–H groups in total. The first-order valence-electron chi connectivity index (χ1n) is 10.1. The van der Waals surface area contributed by atoms with Gasteiger partial charge in [-0.05, 0) is 15.4 Å². The van der Waals surface area contributed by atoms with Crippen LogP contribution >= 0.6 is 0 Å². The molecule has 0 amide bonds. The van der Waals surface area contributed by atoms with E-state index in [-0.39, 0.29) is 17.9 Å². The van der Waals surface area contributed by atoms with Crippen LogP contribution in [0.15, 0.2) is 60.7 Å². The Hall–Kier alpha value is -1.99. The van der Waals surface area contributed by atoms with Gasteiger partial charge in [-0.3, -0.25) is 0 Å². The lowest BCUT2D eigenvalue weighted by atomic mass is 9.82. The van der Waals surface area contributed by atoms with Gasteiger partial charge in [-0.25, -0.2) is 4.79 Å². The molecule has 0 spiro atoms. The van der Waals surface area contributed by atoms with Crippen molar-refractivity contribution >= 4 is 24.7 Å². The van der Waals surface area contributed by atoms with Gasteiger partial charge >= 0.3 is 5.97 Å². The molecule has 154 valence electrons. The number of aliphatic hydroxyl groups is 2. The molecule has 5 nitrogen and oxygen atoms in total. The molecule has 2 aliphatic rings. The Morgan fingerprint density at radius 1 is 1.00 bits per heavy atom. The van der Waals surface area contributed by atoms with Crippen LogP contribution in [0.1, 0.15) is 33.6 Å². The van der Waals surface area contributed by atoms with Crippen LogP contribution in [0.4, 0.5) is 0 Å². The van der Waals surface area contributed by atoms with E-state index < -0.39 is 38.2 Å². The summed E-state index contributed by atoms with van der Waals surface area (Å²) >= 11 is 0. The maximum absolute atomic E-state index is 12.1. The summed E-state index contributed by atoms with van der Waals surface area (Å²) in [7, 11) is -2.90. The molecule has 2 aromatic carbocycles. The van der Waals surface area contributed by atoms with Crippen LogP contribution in [0, 0.1) is 0 Å². The van der Waals surface area contributed by atoms with Crippen molar-refractivity contribution < 1.29 is 24.2 Å². The van der Waals surface area contributed by atoms with E-state index in [2.05, 4.69) is 45.0 Å². The number of benzene rings is 2. The molecule has 29 heavy (non-hydrogen) atoms. The summed E-state index contributed by atoms with van der Waals surface area (Å²) in [5.74, 6) is -0.657. The van der Waals surface area contributed by atoms with Crippen molar-refractivity contribution in [1.82, 2.24) is 0 Å². The number of carbonyl (C=O) groups excluding carboxylic acids is 1. The molecule has 2 fully saturated rings. The highest BCUT2D eigenvalue weighted by atomic mass is 28.4. The van der Waals surface area contributed by atoms with E-state index in [1.165, 1.54) is 0 Å². The Bertz CT molecular complexity index is 840. The summed E-state index contributed by atoms with van der Waals surface area (Å²) in [6.07, 6.45) is -2.23. The van der Waals surface area contributed by atoms with Gasteiger partial charge in [-0.1, -0.05) is 81.4 Å². The first-order valence-corrected chi connectivity index (χ1v) is 12.0. The summed E-state index contributed by atoms with van der Waals surface area (Å²) in [6.45, 7) is 6.47. The minimum Gasteiger partial charge on any atom is -0.457 e. The van der Waals surface area contributed by atoms with E-state index >= 15 is 0 Å². The predicted molar refractivity (Wildman–Crippen MR) is 113 cm³/mol. The first kappa shape index (κ1) is 20.3. The Morgan fingerprint density at radius 3 is 2.00 bits per heavy atom. The average Bonchev–Trinajstić information content (AvgIpc) is 2.92. The molecule has 0 aromatic heterocycles. The van der Waals surface area contributed by atoms with Crippen molar-refractivity contribution in [3.8, 4) is 0 Å². The van der Waals surface area contributed by atoms with E-state index in [0.29, 0.717) is 0 Å². The van der Waals surface area contributed by atoms with Crippen molar-refractivity contribution in [2.75, 3.05) is 0 Å². The third-order valence-electron chi connectivity index (χ3n) is 6.20. The second-order valence-corrected chi connectivity index (χ2v) is 13.4. The SMILES string of the molecule is CC(C)(C)[Si](O[C@@H]1[C@H](O)C[C@]2(O)C[C@H]1OC2=O)(c1ccccc1)c1ccccc1. The van der Waals surface area contributed by atoms with Crippen molar-refractivity contribution in [1.29, 1.82) is 0 Å². The van der Waals surface area contributed by atoms with Crippen LogP contribution in [0.25, 0.3) is 0 Å². The van der Waals surface area contributed by atoms with Gasteiger partial charge in [0.1, 0.15) is 12.2 Å². The lowest BCUT2D eigenvalue weighted by molar-refractivity contribution is -0.154. The topological polar surface area (TPSA) is 76.0 Å². The van der Waals surface area contributed by atoms with Gasteiger partial charge in [-0.2, -0.15) is 0 Å². The van der Waals surface area contributed by atoms with Crippen LogP contribution in [0.5, 0.6) is 0 Å². The van der Waals surface area contributed by atoms with Crippen LogP contribution in [-0.4, -0.2) is 48.4 Å². The van der Waals surface area contributed by atoms with Gasteiger partial charge in [0.25, 0.3) is 8.32 Å². The molecule has 1 saturated carbocycles. The monoisotopic (exact) mass is 412 g/mol. The maximum atomic E-state index is 12.1. The van der Waals surface area contributed by atoms with Gasteiger partial charge in [-0.15, -0.1) is 0 Å². The third-order valence-corrected chi connectivity index (χ3v) is 11.2. The van der Waals surface area contributed by atoms with Crippen LogP contribution in [0.3, 0.4) is 0 Å². The summed E-state index contributed by atoms with van der Waals surface area (Å²) < 4.78 is 12.4. The zero-order valence-electron chi connectivity index (χ0n) is 17.0. The molecule has 1 heterocycles. The highest BCUT2D eigenvalue weighted by molar-refractivity contribution is 6.99. The molecule has 6 heteroatoms. The maximum Gasteiger partial charge on any atom is 0.338 e. The molecule has 4 rings (SSSR count). The minimum atomic E-state index is -2.90. The van der Waals surface area contributed by atoms with E-state index in [9.17, 15) is 15.0 Å². The second-order valence-electron chi connectivity index (χ2n) is 9.20. The molecule has 2 aromatic rings. The Kier molecular flexibility index (Phi) is 4.94. The fraction of sp³-hybridized carbons (Fsp3) is 0.435. The van der Waals surface area contributed by atoms with Crippen LogP contribution in [-0.2, 0) is 14.0 Å². The molecule has 2 bridgehead atoms. The number of esters is 1. The third kappa shape index (κ3) is 3.24. The predicted octanol–water partition coefficient (Wildman–Crippen LogP) is 1.74. The van der Waals surface area contributed by atoms with E-state index in [0.717, 1.165) is 10.4 Å². The van der Waals surface area contributed by atoms with Crippen molar-refractivity contribution in [3.63, 3.8) is 0 Å². The van der Waals surface area contributed by atoms with Gasteiger partial charge < -0.3 is 19.4 Å². The largest absolute Gasteiger partial charge is 0.457 e. The number of carbonyl (C=O) groups is 1. The fourth-order valence-electron chi connectivity index (χ4n) is 4.81. The average molecular weight is 413 g/mol. The Balaban J connectivity index is 1.85. The molecule has 4 atom stereocenters. The number of hydrogen-bond donors (Lipinski definition) is 2. The molecule has 0 radical (unpaired) electrons. The molecule has 1 saturated heterocycles. The molecular formula is C23H28O5Si. The van der Waals surface area contributed by atoms with Gasteiger partial charge in [0, 0.05) is 12.8 Å². The smallest absolute Gasteiger partial charge is 0.338 e. The Morgan fingerprint density at radius 2 is 1.52 bits per heavy atom. The summed E-state index contributed by atoms with van der Waals surface area (Å²) in [6, 6.07) is 20.3. The number of hydrogen-bond acceptors (Lipinski definition) is 5. The zero-order valence-corrected chi connectivity index (χ0v) is 18.0. The normalized spacial score (nSPS) is 29.6. The van der Waals surface area contributed by atoms with Gasteiger partial charge in [0.2, 0.25) is 0 Å². The van der Waals surface area contributed by atoms with Gasteiger partial charge in [0.15, 0.2) is 5.60 Å². The zero-order chi connectivity index (χ0) is 20.9. The van der Waals surface area contributed by atoms with Crippen molar-refractivity contribution in [2.45, 2.75) is 62.6 Å².